The SMILES string of the molecule is COC(=O)C=C(C)NC(C(=O)[O-])C1=CCC=CC1.[K+]. The number of hydrogen-bond acceptors (Lipinski definition) is 5. The zero-order valence-corrected chi connectivity index (χ0v) is 14.6. The minimum Gasteiger partial charge on any atom is -0.548 e. The quantitative estimate of drug-likeness (QED) is 0.253. The normalized spacial score (nSPS) is 15.9. The molecule has 19 heavy (non-hydrogen) atoms. The molecule has 1 N–H and O–H groups in total. The van der Waals surface area contributed by atoms with Crippen molar-refractivity contribution in [1.29, 1.82) is 0 Å². The van der Waals surface area contributed by atoms with Crippen LogP contribution in [0.2, 0.25) is 0 Å². The van der Waals surface area contributed by atoms with Gasteiger partial charge in [-0.05, 0) is 25.3 Å². The molecule has 1 aliphatic carbocycles. The van der Waals surface area contributed by atoms with Gasteiger partial charge in [0.25, 0.3) is 0 Å². The van der Waals surface area contributed by atoms with Gasteiger partial charge in [-0.25, -0.2) is 4.79 Å². The van der Waals surface area contributed by atoms with Crippen molar-refractivity contribution >= 4 is 11.9 Å². The summed E-state index contributed by atoms with van der Waals surface area (Å²) in [5, 5.41) is 13.9. The first-order chi connectivity index (χ1) is 8.54. The third kappa shape index (κ3) is 6.53. The molecule has 0 fully saturated rings. The van der Waals surface area contributed by atoms with Crippen LogP contribution in [0.15, 0.2) is 35.6 Å². The summed E-state index contributed by atoms with van der Waals surface area (Å²) in [5.74, 6) is -1.75. The maximum absolute atomic E-state index is 11.1. The number of rotatable bonds is 5. The fraction of sp³-hybridized carbons (Fsp3) is 0.385. The first-order valence-corrected chi connectivity index (χ1v) is 5.62. The second-order valence-corrected chi connectivity index (χ2v) is 3.94. The number of carbonyl (C=O) groups excluding carboxylic acids is 2. The molecule has 1 atom stereocenters. The van der Waals surface area contributed by atoms with Crippen LogP contribution in [0.1, 0.15) is 19.8 Å². The Bertz CT molecular complexity index is 426. The largest absolute Gasteiger partial charge is 1.00 e. The van der Waals surface area contributed by atoms with E-state index < -0.39 is 18.0 Å². The predicted octanol–water partition coefficient (Wildman–Crippen LogP) is -2.95. The summed E-state index contributed by atoms with van der Waals surface area (Å²) < 4.78 is 4.46. The molecule has 0 saturated heterocycles. The number of hydrogen-bond donors (Lipinski definition) is 1. The Morgan fingerprint density at radius 1 is 1.47 bits per heavy atom. The molecule has 0 bridgehead atoms. The molecule has 98 valence electrons. The Hall–Kier alpha value is -0.404. The van der Waals surface area contributed by atoms with Crippen LogP contribution in [-0.2, 0) is 14.3 Å². The minimum atomic E-state index is -1.21. The monoisotopic (exact) mass is 289 g/mol. The van der Waals surface area contributed by atoms with Gasteiger partial charge in [0.1, 0.15) is 0 Å². The molecule has 0 aromatic heterocycles. The van der Waals surface area contributed by atoms with E-state index in [2.05, 4.69) is 10.1 Å². The van der Waals surface area contributed by atoms with E-state index in [9.17, 15) is 14.7 Å². The van der Waals surface area contributed by atoms with Gasteiger partial charge in [0.05, 0.1) is 19.1 Å². The van der Waals surface area contributed by atoms with Crippen LogP contribution >= 0.6 is 0 Å². The molecule has 5 nitrogen and oxygen atoms in total. The first-order valence-electron chi connectivity index (χ1n) is 5.62. The number of methoxy groups -OCH3 is 1. The molecule has 0 aromatic carbocycles. The first kappa shape index (κ1) is 18.6. The number of carboxylic acids is 1. The summed E-state index contributed by atoms with van der Waals surface area (Å²) >= 11 is 0. The van der Waals surface area contributed by atoms with Crippen LogP contribution in [-0.4, -0.2) is 25.1 Å². The molecule has 0 spiro atoms. The van der Waals surface area contributed by atoms with Gasteiger partial charge in [-0.2, -0.15) is 0 Å². The topological polar surface area (TPSA) is 78.5 Å². The predicted molar refractivity (Wildman–Crippen MR) is 64.2 cm³/mol. The molecular weight excluding hydrogens is 273 g/mol. The summed E-state index contributed by atoms with van der Waals surface area (Å²) in [6, 6.07) is -0.921. The van der Waals surface area contributed by atoms with Crippen molar-refractivity contribution < 1.29 is 70.8 Å². The molecule has 6 heteroatoms. The fourth-order valence-electron chi connectivity index (χ4n) is 1.66. The Labute approximate surface area is 155 Å². The summed E-state index contributed by atoms with van der Waals surface area (Å²) in [6.45, 7) is 1.60. The van der Waals surface area contributed by atoms with Crippen molar-refractivity contribution in [2.24, 2.45) is 0 Å². The van der Waals surface area contributed by atoms with E-state index in [1.54, 1.807) is 6.92 Å². The number of allylic oxidation sites excluding steroid dienone is 4. The molecule has 0 amide bonds. The van der Waals surface area contributed by atoms with Crippen molar-refractivity contribution in [3.05, 3.63) is 35.6 Å². The van der Waals surface area contributed by atoms with Crippen molar-refractivity contribution in [2.75, 3.05) is 7.11 Å². The smallest absolute Gasteiger partial charge is 0.548 e. The minimum absolute atomic E-state index is 0. The molecule has 0 saturated carbocycles. The van der Waals surface area contributed by atoms with Crippen molar-refractivity contribution in [1.82, 2.24) is 5.32 Å². The van der Waals surface area contributed by atoms with Crippen LogP contribution in [0.4, 0.5) is 0 Å². The van der Waals surface area contributed by atoms with Crippen LogP contribution in [0, 0.1) is 0 Å². The van der Waals surface area contributed by atoms with Gasteiger partial charge >= 0.3 is 57.4 Å². The number of carboxylic acid groups (broad SMARTS) is 1. The zero-order valence-electron chi connectivity index (χ0n) is 11.4. The Kier molecular flexibility index (Phi) is 9.29. The fourth-order valence-corrected chi connectivity index (χ4v) is 1.66. The van der Waals surface area contributed by atoms with Crippen LogP contribution < -0.4 is 61.8 Å². The third-order valence-electron chi connectivity index (χ3n) is 2.55. The zero-order chi connectivity index (χ0) is 13.5. The summed E-state index contributed by atoms with van der Waals surface area (Å²) in [5.41, 5.74) is 1.15. The third-order valence-corrected chi connectivity index (χ3v) is 2.55. The van der Waals surface area contributed by atoms with Crippen molar-refractivity contribution in [3.8, 4) is 0 Å². The Balaban J connectivity index is 0.00000324. The van der Waals surface area contributed by atoms with Gasteiger partial charge in [-0.15, -0.1) is 0 Å². The van der Waals surface area contributed by atoms with Gasteiger partial charge < -0.3 is 20.0 Å². The number of ether oxygens (including phenoxy) is 1. The van der Waals surface area contributed by atoms with Crippen molar-refractivity contribution in [3.63, 3.8) is 0 Å². The van der Waals surface area contributed by atoms with Crippen LogP contribution in [0.5, 0.6) is 0 Å². The Morgan fingerprint density at radius 3 is 2.63 bits per heavy atom. The van der Waals surface area contributed by atoms with Gasteiger partial charge in [-0.3, -0.25) is 0 Å². The van der Waals surface area contributed by atoms with Gasteiger partial charge in [0.2, 0.25) is 0 Å². The van der Waals surface area contributed by atoms with E-state index in [0.29, 0.717) is 18.5 Å². The molecule has 0 aromatic rings. The van der Waals surface area contributed by atoms with Gasteiger partial charge in [-0.1, -0.05) is 18.2 Å². The molecule has 0 heterocycles. The van der Waals surface area contributed by atoms with E-state index in [1.807, 2.05) is 18.2 Å². The molecular formula is C13H16KNO4. The number of aliphatic carboxylic acids is 1. The second-order valence-electron chi connectivity index (χ2n) is 3.94. The van der Waals surface area contributed by atoms with E-state index in [4.69, 9.17) is 0 Å². The maximum Gasteiger partial charge on any atom is 1.00 e. The summed E-state index contributed by atoms with van der Waals surface area (Å²) in [7, 11) is 1.26. The van der Waals surface area contributed by atoms with Gasteiger partial charge in [0, 0.05) is 11.8 Å². The summed E-state index contributed by atoms with van der Waals surface area (Å²) in [6.07, 6.45) is 8.20. The van der Waals surface area contributed by atoms with Crippen LogP contribution in [0.25, 0.3) is 0 Å². The van der Waals surface area contributed by atoms with E-state index in [1.165, 1.54) is 13.2 Å². The average Bonchev–Trinajstić information content (AvgIpc) is 2.36. The van der Waals surface area contributed by atoms with E-state index in [-0.39, 0.29) is 51.4 Å². The maximum atomic E-state index is 11.1. The average molecular weight is 289 g/mol. The Morgan fingerprint density at radius 2 is 2.16 bits per heavy atom. The second kappa shape index (κ2) is 9.49. The molecule has 1 aliphatic rings. The number of esters is 1. The molecule has 0 aliphatic heterocycles. The van der Waals surface area contributed by atoms with Gasteiger partial charge in [0.15, 0.2) is 0 Å². The molecule has 0 radical (unpaired) electrons. The summed E-state index contributed by atoms with van der Waals surface area (Å²) in [4.78, 5) is 22.1. The molecule has 1 rings (SSSR count). The van der Waals surface area contributed by atoms with Crippen molar-refractivity contribution in [2.45, 2.75) is 25.8 Å². The number of carbonyl (C=O) groups is 2. The van der Waals surface area contributed by atoms with Crippen LogP contribution in [0.3, 0.4) is 0 Å². The van der Waals surface area contributed by atoms with E-state index in [0.717, 1.165) is 5.57 Å². The number of nitrogens with one attached hydrogen (secondary N) is 1. The standard InChI is InChI=1S/C13H17NO4.K/c1-9(8-11(15)18-2)14-12(13(16)17)10-6-4-3-5-7-10;/h3-4,7-8,12,14H,5-6H2,1-2H3,(H,16,17);/q;+1/p-1. The molecule has 1 unspecified atom stereocenters. The van der Waals surface area contributed by atoms with E-state index >= 15 is 0 Å².